The first-order chi connectivity index (χ1) is 9.97. The van der Waals surface area contributed by atoms with E-state index >= 15 is 0 Å². The number of hydrogen-bond acceptors (Lipinski definition) is 4. The van der Waals surface area contributed by atoms with Crippen LogP contribution in [0.5, 0.6) is 0 Å². The van der Waals surface area contributed by atoms with Crippen molar-refractivity contribution in [1.82, 2.24) is 0 Å². The van der Waals surface area contributed by atoms with Crippen LogP contribution in [-0.4, -0.2) is 10.8 Å². The molecule has 1 aromatic carbocycles. The van der Waals surface area contributed by atoms with E-state index in [-0.39, 0.29) is 23.8 Å². The highest BCUT2D eigenvalue weighted by Gasteiger charge is 2.16. The van der Waals surface area contributed by atoms with Crippen LogP contribution in [0, 0.1) is 17.0 Å². The summed E-state index contributed by atoms with van der Waals surface area (Å²) in [5.41, 5.74) is 6.77. The normalized spacial score (nSPS) is 10.1. The SMILES string of the molecule is Cc1ccc(N)[n+](CC(=O)Nc2ccccc2[N+](=O)[O-])c1. The molecule has 1 aromatic heterocycles. The van der Waals surface area contributed by atoms with Crippen LogP contribution in [0.25, 0.3) is 0 Å². The molecule has 0 saturated carbocycles. The van der Waals surface area contributed by atoms with E-state index in [1.807, 2.05) is 13.0 Å². The second kappa shape index (κ2) is 6.00. The van der Waals surface area contributed by atoms with Gasteiger partial charge < -0.3 is 5.32 Å². The highest BCUT2D eigenvalue weighted by Crippen LogP contribution is 2.22. The number of hydrogen-bond donors (Lipinski definition) is 2. The molecule has 2 rings (SSSR count). The van der Waals surface area contributed by atoms with Crippen LogP contribution in [0.3, 0.4) is 0 Å². The minimum Gasteiger partial charge on any atom is -0.317 e. The van der Waals surface area contributed by atoms with Crippen molar-refractivity contribution in [3.8, 4) is 0 Å². The predicted octanol–water partition coefficient (Wildman–Crippen LogP) is 1.41. The Bertz CT molecular complexity index is 700. The number of nitro groups is 1. The van der Waals surface area contributed by atoms with E-state index < -0.39 is 4.92 Å². The maximum Gasteiger partial charge on any atom is 0.292 e. The highest BCUT2D eigenvalue weighted by molar-refractivity contribution is 5.92. The predicted molar refractivity (Wildman–Crippen MR) is 77.5 cm³/mol. The van der Waals surface area contributed by atoms with Crippen molar-refractivity contribution in [2.24, 2.45) is 0 Å². The number of nitrogens with zero attached hydrogens (tertiary/aromatic N) is 2. The number of carbonyl (C=O) groups is 1. The van der Waals surface area contributed by atoms with Gasteiger partial charge in [-0.25, -0.2) is 4.57 Å². The average molecular weight is 287 g/mol. The van der Waals surface area contributed by atoms with Crippen LogP contribution in [-0.2, 0) is 11.3 Å². The summed E-state index contributed by atoms with van der Waals surface area (Å²) in [6.07, 6.45) is 1.74. The van der Waals surface area contributed by atoms with Crippen LogP contribution in [0.15, 0.2) is 42.6 Å². The van der Waals surface area contributed by atoms with Crippen molar-refractivity contribution in [2.75, 3.05) is 11.1 Å². The number of carbonyl (C=O) groups excluding carboxylic acids is 1. The van der Waals surface area contributed by atoms with Crippen LogP contribution in [0.2, 0.25) is 0 Å². The second-order valence-corrected chi connectivity index (χ2v) is 4.58. The highest BCUT2D eigenvalue weighted by atomic mass is 16.6. The molecule has 0 spiro atoms. The molecule has 7 heteroatoms. The van der Waals surface area contributed by atoms with Crippen molar-refractivity contribution >= 4 is 23.1 Å². The van der Waals surface area contributed by atoms with E-state index in [1.165, 1.54) is 12.1 Å². The Hall–Kier alpha value is -2.96. The Morgan fingerprint density at radius 3 is 2.76 bits per heavy atom. The van der Waals surface area contributed by atoms with Gasteiger partial charge in [0.2, 0.25) is 0 Å². The maximum absolute atomic E-state index is 12.0. The van der Waals surface area contributed by atoms with Crippen molar-refractivity contribution < 1.29 is 14.3 Å². The summed E-state index contributed by atoms with van der Waals surface area (Å²) in [7, 11) is 0. The number of para-hydroxylation sites is 2. The van der Waals surface area contributed by atoms with Gasteiger partial charge in [0.15, 0.2) is 6.54 Å². The van der Waals surface area contributed by atoms with Gasteiger partial charge in [0.25, 0.3) is 17.4 Å². The molecule has 0 bridgehead atoms. The summed E-state index contributed by atoms with van der Waals surface area (Å²) >= 11 is 0. The van der Waals surface area contributed by atoms with E-state index in [0.29, 0.717) is 5.82 Å². The molecule has 1 amide bonds. The molecule has 2 aromatic rings. The summed E-state index contributed by atoms with van der Waals surface area (Å²) in [6, 6.07) is 9.53. The molecule has 0 aliphatic rings. The topological polar surface area (TPSA) is 102 Å². The molecule has 0 atom stereocenters. The number of nitro benzene ring substituents is 1. The van der Waals surface area contributed by atoms with Crippen molar-refractivity contribution in [3.63, 3.8) is 0 Å². The number of nitrogen functional groups attached to an aromatic ring is 1. The number of aryl methyl sites for hydroxylation is 1. The van der Waals surface area contributed by atoms with Gasteiger partial charge in [-0.2, -0.15) is 0 Å². The van der Waals surface area contributed by atoms with Gasteiger partial charge in [0.05, 0.1) is 11.1 Å². The van der Waals surface area contributed by atoms with Crippen molar-refractivity contribution in [2.45, 2.75) is 13.5 Å². The number of benzene rings is 1. The fourth-order valence-electron chi connectivity index (χ4n) is 1.90. The van der Waals surface area contributed by atoms with Gasteiger partial charge in [-0.1, -0.05) is 12.1 Å². The van der Waals surface area contributed by atoms with Crippen LogP contribution < -0.4 is 15.6 Å². The lowest BCUT2D eigenvalue weighted by Gasteiger charge is -2.06. The third-order valence-corrected chi connectivity index (χ3v) is 2.90. The number of amides is 1. The van der Waals surface area contributed by atoms with Crippen LogP contribution in [0.4, 0.5) is 17.2 Å². The van der Waals surface area contributed by atoms with Gasteiger partial charge in [0, 0.05) is 12.1 Å². The quantitative estimate of drug-likeness (QED) is 0.504. The average Bonchev–Trinajstić information content (AvgIpc) is 2.43. The van der Waals surface area contributed by atoms with Crippen LogP contribution in [0.1, 0.15) is 5.56 Å². The largest absolute Gasteiger partial charge is 0.317 e. The Balaban J connectivity index is 2.16. The van der Waals surface area contributed by atoms with E-state index in [0.717, 1.165) is 5.56 Å². The van der Waals surface area contributed by atoms with Crippen molar-refractivity contribution in [3.05, 3.63) is 58.3 Å². The zero-order chi connectivity index (χ0) is 15.4. The number of rotatable bonds is 4. The molecular weight excluding hydrogens is 272 g/mol. The fraction of sp³-hybridized carbons (Fsp3) is 0.143. The minimum atomic E-state index is -0.538. The zero-order valence-corrected chi connectivity index (χ0v) is 11.4. The summed E-state index contributed by atoms with van der Waals surface area (Å²) in [5, 5.41) is 13.4. The van der Waals surface area contributed by atoms with Crippen molar-refractivity contribution in [1.29, 1.82) is 0 Å². The molecule has 7 nitrogen and oxygen atoms in total. The lowest BCUT2D eigenvalue weighted by Crippen LogP contribution is -2.42. The van der Waals surface area contributed by atoms with E-state index in [9.17, 15) is 14.9 Å². The third-order valence-electron chi connectivity index (χ3n) is 2.90. The lowest BCUT2D eigenvalue weighted by molar-refractivity contribution is -0.670. The zero-order valence-electron chi connectivity index (χ0n) is 11.4. The number of nitrogens with two attached hydrogens (primary N) is 1. The van der Waals surface area contributed by atoms with Crippen LogP contribution >= 0.6 is 0 Å². The Kier molecular flexibility index (Phi) is 4.13. The smallest absolute Gasteiger partial charge is 0.292 e. The maximum atomic E-state index is 12.0. The Morgan fingerprint density at radius 2 is 2.05 bits per heavy atom. The van der Waals surface area contributed by atoms with E-state index in [1.54, 1.807) is 29.0 Å². The molecule has 0 fully saturated rings. The summed E-state index contributed by atoms with van der Waals surface area (Å²) in [4.78, 5) is 22.4. The Morgan fingerprint density at radius 1 is 1.33 bits per heavy atom. The van der Waals surface area contributed by atoms with E-state index in [2.05, 4.69) is 5.32 Å². The van der Waals surface area contributed by atoms with Gasteiger partial charge in [-0.3, -0.25) is 20.6 Å². The first kappa shape index (κ1) is 14.4. The van der Waals surface area contributed by atoms with Gasteiger partial charge in [0.1, 0.15) is 5.69 Å². The third kappa shape index (κ3) is 3.53. The lowest BCUT2D eigenvalue weighted by atomic mass is 10.2. The van der Waals surface area contributed by atoms with Gasteiger partial charge in [-0.05, 0) is 24.6 Å². The molecule has 3 N–H and O–H groups in total. The minimum absolute atomic E-state index is 0.0143. The molecule has 1 heterocycles. The molecular formula is C14H15N4O3+. The molecule has 108 valence electrons. The number of aromatic nitrogens is 1. The molecule has 21 heavy (non-hydrogen) atoms. The molecule has 0 radical (unpaired) electrons. The molecule has 0 saturated heterocycles. The summed E-state index contributed by atoms with van der Waals surface area (Å²) in [6.45, 7) is 1.87. The monoisotopic (exact) mass is 287 g/mol. The summed E-state index contributed by atoms with van der Waals surface area (Å²) < 4.78 is 1.58. The number of nitrogens with one attached hydrogen (secondary N) is 1. The molecule has 0 aliphatic carbocycles. The molecule has 0 unspecified atom stereocenters. The first-order valence-electron chi connectivity index (χ1n) is 6.26. The number of anilines is 2. The first-order valence-corrected chi connectivity index (χ1v) is 6.26. The van der Waals surface area contributed by atoms with Gasteiger partial charge >= 0.3 is 0 Å². The second-order valence-electron chi connectivity index (χ2n) is 4.58. The Labute approximate surface area is 121 Å². The van der Waals surface area contributed by atoms with E-state index in [4.69, 9.17) is 5.73 Å². The fourth-order valence-corrected chi connectivity index (χ4v) is 1.90. The molecule has 0 aliphatic heterocycles. The number of pyridine rings is 1. The standard InChI is InChI=1S/C14H14N4O3/c1-10-6-7-13(15)17(8-10)9-14(19)16-11-4-2-3-5-12(11)18(20)21/h2-8,15H,9H2,1H3,(H,16,19)/p+1. The van der Waals surface area contributed by atoms with Gasteiger partial charge in [-0.15, -0.1) is 0 Å². The summed E-state index contributed by atoms with van der Waals surface area (Å²) in [5.74, 6) is 0.0601.